The molecule has 0 fully saturated rings. The molecule has 2 aromatic carbocycles. The Labute approximate surface area is 173 Å². The summed E-state index contributed by atoms with van der Waals surface area (Å²) >= 11 is 12.2. The van der Waals surface area contributed by atoms with Gasteiger partial charge < -0.3 is 11.1 Å². The van der Waals surface area contributed by atoms with Gasteiger partial charge in [-0.05, 0) is 37.3 Å². The van der Waals surface area contributed by atoms with Crippen LogP contribution in [0.3, 0.4) is 0 Å². The molecule has 0 bridgehead atoms. The number of amidine groups is 1. The lowest BCUT2D eigenvalue weighted by molar-refractivity contribution is -0.453. The summed E-state index contributed by atoms with van der Waals surface area (Å²) in [5.74, 6) is 1.78. The molecule has 0 aliphatic heterocycles. The van der Waals surface area contributed by atoms with Crippen molar-refractivity contribution in [3.05, 3.63) is 69.8 Å². The number of nitrogens with zero attached hydrogens (tertiary/aromatic N) is 2. The number of para-hydroxylation sites is 1. The van der Waals surface area contributed by atoms with E-state index in [1.807, 2.05) is 43.3 Å². The van der Waals surface area contributed by atoms with Crippen LogP contribution in [0.25, 0.3) is 11.4 Å². The Bertz CT molecular complexity index is 1020. The molecule has 0 radical (unpaired) electrons. The van der Waals surface area contributed by atoms with Gasteiger partial charge in [-0.1, -0.05) is 35.3 Å². The minimum Gasteiger partial charge on any atom is -0.398 e. The molecule has 1 heterocycles. The second kappa shape index (κ2) is 8.91. The number of aryl methyl sites for hydroxylation is 1. The van der Waals surface area contributed by atoms with Gasteiger partial charge in [-0.15, -0.1) is 0 Å². The predicted octanol–water partition coefficient (Wildman–Crippen LogP) is 2.24. The fourth-order valence-corrected chi connectivity index (χ4v) is 3.17. The highest BCUT2D eigenvalue weighted by atomic mass is 35.5. The first-order valence-corrected chi connectivity index (χ1v) is 9.46. The van der Waals surface area contributed by atoms with Crippen molar-refractivity contribution in [3.8, 4) is 11.4 Å². The average Bonchev–Trinajstić information content (AvgIpc) is 2.65. The average molecular weight is 416 g/mol. The van der Waals surface area contributed by atoms with Crippen molar-refractivity contribution in [1.29, 1.82) is 0 Å². The molecule has 28 heavy (non-hydrogen) atoms. The van der Waals surface area contributed by atoms with Crippen LogP contribution in [0.5, 0.6) is 0 Å². The predicted molar refractivity (Wildman–Crippen MR) is 116 cm³/mol. The Kier molecular flexibility index (Phi) is 6.34. The molecule has 6 N–H and O–H groups in total. The Morgan fingerprint density at radius 2 is 1.89 bits per heavy atom. The maximum atomic E-state index is 6.28. The fourth-order valence-electron chi connectivity index (χ4n) is 2.68. The normalized spacial score (nSPS) is 11.5. The zero-order valence-electron chi connectivity index (χ0n) is 15.3. The van der Waals surface area contributed by atoms with E-state index in [0.29, 0.717) is 46.3 Å². The van der Waals surface area contributed by atoms with Crippen LogP contribution < -0.4 is 21.8 Å². The van der Waals surface area contributed by atoms with Crippen molar-refractivity contribution in [2.45, 2.75) is 6.92 Å². The number of nitrogen functional groups attached to an aromatic ring is 2. The number of hydrogen-bond acceptors (Lipinski definition) is 4. The van der Waals surface area contributed by atoms with Crippen LogP contribution in [0.2, 0.25) is 10.0 Å². The van der Waals surface area contributed by atoms with Crippen molar-refractivity contribution in [1.82, 2.24) is 9.97 Å². The second-order valence-electron chi connectivity index (χ2n) is 6.20. The molecule has 0 unspecified atom stereocenters. The highest BCUT2D eigenvalue weighted by Gasteiger charge is 2.10. The van der Waals surface area contributed by atoms with E-state index in [9.17, 15) is 0 Å². The molecule has 0 saturated carbocycles. The topological polar surface area (TPSA) is 104 Å². The van der Waals surface area contributed by atoms with Crippen LogP contribution in [0, 0.1) is 6.92 Å². The van der Waals surface area contributed by atoms with E-state index >= 15 is 0 Å². The van der Waals surface area contributed by atoms with Gasteiger partial charge in [0, 0.05) is 28.0 Å². The van der Waals surface area contributed by atoms with Crippen LogP contribution in [0.15, 0.2) is 48.5 Å². The smallest absolute Gasteiger partial charge is 0.274 e. The first kappa shape index (κ1) is 19.9. The number of nitrogens with two attached hydrogens (primary N) is 2. The number of aromatic nitrogens is 2. The summed E-state index contributed by atoms with van der Waals surface area (Å²) < 4.78 is 0. The monoisotopic (exact) mass is 415 g/mol. The first-order valence-electron chi connectivity index (χ1n) is 8.70. The third-order valence-corrected chi connectivity index (χ3v) is 4.57. The van der Waals surface area contributed by atoms with Gasteiger partial charge >= 0.3 is 0 Å². The minimum absolute atomic E-state index is 0.508. The number of benzene rings is 2. The van der Waals surface area contributed by atoms with Gasteiger partial charge in [0.2, 0.25) is 0 Å². The molecular formula is C20H21Cl2N6+. The SMILES string of the molecule is Cc1cc(NCC[NH+]=C(N)c2ccccc2N)nc(-c2ccc(Cl)cc2Cl)n1. The van der Waals surface area contributed by atoms with E-state index in [1.54, 1.807) is 12.1 Å². The first-order chi connectivity index (χ1) is 13.4. The van der Waals surface area contributed by atoms with E-state index < -0.39 is 0 Å². The van der Waals surface area contributed by atoms with Crippen molar-refractivity contribution < 1.29 is 4.99 Å². The molecule has 3 rings (SSSR count). The lowest BCUT2D eigenvalue weighted by Crippen LogP contribution is -2.77. The molecule has 6 nitrogen and oxygen atoms in total. The summed E-state index contributed by atoms with van der Waals surface area (Å²) in [5, 5.41) is 4.34. The van der Waals surface area contributed by atoms with E-state index in [2.05, 4.69) is 20.3 Å². The minimum atomic E-state index is 0.508. The Morgan fingerprint density at radius 3 is 2.64 bits per heavy atom. The molecule has 0 aliphatic rings. The van der Waals surface area contributed by atoms with Gasteiger partial charge in [0.1, 0.15) is 12.4 Å². The molecule has 0 amide bonds. The maximum Gasteiger partial charge on any atom is 0.274 e. The number of rotatable bonds is 6. The molecule has 0 atom stereocenters. The van der Waals surface area contributed by atoms with Gasteiger partial charge in [-0.25, -0.2) is 9.97 Å². The summed E-state index contributed by atoms with van der Waals surface area (Å²) in [5.41, 5.74) is 15.0. The number of hydrogen-bond donors (Lipinski definition) is 4. The molecule has 0 saturated heterocycles. The van der Waals surface area contributed by atoms with Crippen LogP contribution in [-0.2, 0) is 0 Å². The largest absolute Gasteiger partial charge is 0.398 e. The van der Waals surface area contributed by atoms with Crippen molar-refractivity contribution in [3.63, 3.8) is 0 Å². The van der Waals surface area contributed by atoms with E-state index in [1.165, 1.54) is 0 Å². The summed E-state index contributed by atoms with van der Waals surface area (Å²) in [6.07, 6.45) is 0. The second-order valence-corrected chi connectivity index (χ2v) is 7.04. The maximum absolute atomic E-state index is 6.28. The molecule has 3 aromatic rings. The zero-order valence-corrected chi connectivity index (χ0v) is 16.8. The summed E-state index contributed by atoms with van der Waals surface area (Å²) in [7, 11) is 0. The quantitative estimate of drug-likeness (QED) is 0.214. The van der Waals surface area contributed by atoms with Gasteiger partial charge in [0.05, 0.1) is 17.1 Å². The van der Waals surface area contributed by atoms with Gasteiger partial charge in [0.25, 0.3) is 5.84 Å². The molecule has 0 aliphatic carbocycles. The third-order valence-electron chi connectivity index (χ3n) is 4.02. The highest BCUT2D eigenvalue weighted by Crippen LogP contribution is 2.28. The van der Waals surface area contributed by atoms with Crippen molar-refractivity contribution >= 4 is 40.5 Å². The molecule has 144 valence electrons. The Balaban J connectivity index is 1.69. The van der Waals surface area contributed by atoms with E-state index in [-0.39, 0.29) is 0 Å². The van der Waals surface area contributed by atoms with Crippen LogP contribution in [-0.4, -0.2) is 28.9 Å². The van der Waals surface area contributed by atoms with Crippen LogP contribution in [0.4, 0.5) is 11.5 Å². The van der Waals surface area contributed by atoms with Crippen LogP contribution >= 0.6 is 23.2 Å². The zero-order chi connectivity index (χ0) is 20.1. The highest BCUT2D eigenvalue weighted by molar-refractivity contribution is 6.36. The number of anilines is 2. The third kappa shape index (κ3) is 4.91. The van der Waals surface area contributed by atoms with Crippen LogP contribution in [0.1, 0.15) is 11.3 Å². The summed E-state index contributed by atoms with van der Waals surface area (Å²) in [6, 6.07) is 14.6. The molecule has 1 aromatic heterocycles. The van der Waals surface area contributed by atoms with E-state index in [4.69, 9.17) is 34.7 Å². The lowest BCUT2D eigenvalue weighted by Gasteiger charge is -2.09. The standard InChI is InChI=1S/C20H20Cl2N6/c1-12-10-18(28-20(27-12)14-7-6-13(21)11-16(14)22)25-8-9-26-19(24)15-4-2-3-5-17(15)23/h2-7,10-11H,8-9,23H2,1H3,(H2,24,26)(H,25,27,28)/p+1. The van der Waals surface area contributed by atoms with Crippen molar-refractivity contribution in [2.24, 2.45) is 5.73 Å². The lowest BCUT2D eigenvalue weighted by atomic mass is 10.1. The van der Waals surface area contributed by atoms with Gasteiger partial charge in [-0.2, -0.15) is 0 Å². The number of nitrogens with one attached hydrogen (secondary N) is 2. The number of halogens is 2. The van der Waals surface area contributed by atoms with Gasteiger partial charge in [0.15, 0.2) is 5.82 Å². The van der Waals surface area contributed by atoms with Crippen molar-refractivity contribution in [2.75, 3.05) is 24.1 Å². The fraction of sp³-hybridized carbons (Fsp3) is 0.150. The summed E-state index contributed by atoms with van der Waals surface area (Å²) in [4.78, 5) is 12.2. The molecule has 0 spiro atoms. The Hall–Kier alpha value is -2.83. The molecular weight excluding hydrogens is 395 g/mol. The summed E-state index contributed by atoms with van der Waals surface area (Å²) in [6.45, 7) is 3.11. The molecule has 8 heteroatoms. The Morgan fingerprint density at radius 1 is 1.11 bits per heavy atom. The van der Waals surface area contributed by atoms with Gasteiger partial charge in [-0.3, -0.25) is 10.7 Å². The van der Waals surface area contributed by atoms with E-state index in [0.717, 1.165) is 16.8 Å².